The highest BCUT2D eigenvalue weighted by molar-refractivity contribution is 5.80. The zero-order valence-corrected chi connectivity index (χ0v) is 19.2. The molecule has 1 aromatic heterocycles. The van der Waals surface area contributed by atoms with Crippen LogP contribution in [0.25, 0.3) is 0 Å². The number of hydrogen-bond donors (Lipinski definition) is 2. The van der Waals surface area contributed by atoms with Crippen LogP contribution in [0.3, 0.4) is 0 Å². The molecular weight excluding hydrogens is 392 g/mol. The number of nitrogens with zero attached hydrogens (tertiary/aromatic N) is 2. The van der Waals surface area contributed by atoms with Gasteiger partial charge in [-0.2, -0.15) is 0 Å². The Hall–Kier alpha value is -2.18. The molecule has 1 aliphatic carbocycles. The fourth-order valence-corrected chi connectivity index (χ4v) is 5.23. The van der Waals surface area contributed by atoms with E-state index in [1.165, 1.54) is 25.7 Å². The van der Waals surface area contributed by atoms with Crippen molar-refractivity contribution in [3.63, 3.8) is 0 Å². The van der Waals surface area contributed by atoms with Gasteiger partial charge in [0.15, 0.2) is 5.96 Å². The first-order valence-electron chi connectivity index (χ1n) is 12.0. The molecule has 31 heavy (non-hydrogen) atoms. The number of nitrogens with one attached hydrogen (secondary N) is 2. The third kappa shape index (κ3) is 5.95. The molecule has 1 saturated carbocycles. The van der Waals surface area contributed by atoms with E-state index in [-0.39, 0.29) is 18.2 Å². The second-order valence-corrected chi connectivity index (χ2v) is 10.3. The highest BCUT2D eigenvalue weighted by atomic mass is 16.6. The van der Waals surface area contributed by atoms with Crippen LogP contribution in [0.4, 0.5) is 4.79 Å². The third-order valence-corrected chi connectivity index (χ3v) is 6.58. The Labute approximate surface area is 186 Å². The van der Waals surface area contributed by atoms with Gasteiger partial charge in [0.2, 0.25) is 0 Å². The molecule has 3 heterocycles. The van der Waals surface area contributed by atoms with Crippen LogP contribution in [-0.2, 0) is 11.2 Å². The minimum atomic E-state index is -0.454. The van der Waals surface area contributed by atoms with Gasteiger partial charge in [-0.15, -0.1) is 0 Å². The Morgan fingerprint density at radius 3 is 2.42 bits per heavy atom. The fraction of sp³-hybridized carbons (Fsp3) is 0.750. The molecule has 7 heteroatoms. The lowest BCUT2D eigenvalue weighted by Gasteiger charge is -2.40. The molecule has 7 nitrogen and oxygen atoms in total. The predicted octanol–water partition coefficient (Wildman–Crippen LogP) is 4.23. The van der Waals surface area contributed by atoms with Gasteiger partial charge in [-0.1, -0.05) is 12.8 Å². The van der Waals surface area contributed by atoms with Crippen LogP contribution in [0.2, 0.25) is 0 Å². The molecule has 1 amide bonds. The summed E-state index contributed by atoms with van der Waals surface area (Å²) in [6, 6.07) is 5.25. The van der Waals surface area contributed by atoms with Crippen molar-refractivity contribution in [2.24, 2.45) is 4.99 Å². The van der Waals surface area contributed by atoms with Crippen molar-refractivity contribution < 1.29 is 13.9 Å². The van der Waals surface area contributed by atoms with Crippen molar-refractivity contribution in [2.45, 2.75) is 108 Å². The van der Waals surface area contributed by atoms with E-state index in [9.17, 15) is 4.79 Å². The summed E-state index contributed by atoms with van der Waals surface area (Å²) in [5.41, 5.74) is -0.454. The summed E-state index contributed by atoms with van der Waals surface area (Å²) in [7, 11) is 0. The van der Waals surface area contributed by atoms with Crippen LogP contribution in [0.15, 0.2) is 27.8 Å². The average molecular weight is 431 g/mol. The molecule has 2 aliphatic heterocycles. The van der Waals surface area contributed by atoms with Gasteiger partial charge in [0.1, 0.15) is 11.4 Å². The van der Waals surface area contributed by atoms with E-state index in [4.69, 9.17) is 14.1 Å². The molecule has 0 aromatic carbocycles. The van der Waals surface area contributed by atoms with Crippen LogP contribution in [0.5, 0.6) is 0 Å². The number of aliphatic imine (C=N–C) groups is 1. The summed E-state index contributed by atoms with van der Waals surface area (Å²) in [5, 5.41) is 7.36. The topological polar surface area (TPSA) is 79.1 Å². The number of piperidine rings is 1. The molecule has 172 valence electrons. The fourth-order valence-electron chi connectivity index (χ4n) is 5.23. The molecule has 1 aromatic rings. The average Bonchev–Trinajstić information content (AvgIpc) is 3.42. The normalized spacial score (nSPS) is 26.9. The largest absolute Gasteiger partial charge is 0.469 e. The molecule has 3 fully saturated rings. The molecule has 4 rings (SSSR count). The molecule has 0 radical (unpaired) electrons. The lowest BCUT2D eigenvalue weighted by atomic mass is 9.98. The molecule has 2 unspecified atom stereocenters. The van der Waals surface area contributed by atoms with Crippen molar-refractivity contribution in [3.05, 3.63) is 24.2 Å². The second kappa shape index (κ2) is 9.53. The summed E-state index contributed by atoms with van der Waals surface area (Å²) < 4.78 is 11.1. The van der Waals surface area contributed by atoms with Gasteiger partial charge in [0.05, 0.1) is 6.26 Å². The Balaban J connectivity index is 1.36. The summed E-state index contributed by atoms with van der Waals surface area (Å²) in [5.74, 6) is 1.88. The van der Waals surface area contributed by atoms with Gasteiger partial charge < -0.3 is 24.7 Å². The Morgan fingerprint density at radius 1 is 1.13 bits per heavy atom. The van der Waals surface area contributed by atoms with E-state index in [2.05, 4.69) is 10.6 Å². The summed E-state index contributed by atoms with van der Waals surface area (Å²) in [4.78, 5) is 19.6. The monoisotopic (exact) mass is 430 g/mol. The van der Waals surface area contributed by atoms with Crippen LogP contribution < -0.4 is 10.6 Å². The molecule has 2 bridgehead atoms. The standard InChI is InChI=1S/C24H38N4O3/c1-24(2,3)31-23(29)28-19-10-11-20(28)16-18(15-19)27-22(26-17-7-4-5-8-17)25-13-12-21-9-6-14-30-21/h6,9,14,17-20H,4-5,7-8,10-13,15-16H2,1-3H3,(H2,25,26,27). The number of hydrogen-bond acceptors (Lipinski definition) is 4. The molecule has 2 saturated heterocycles. The summed E-state index contributed by atoms with van der Waals surface area (Å²) >= 11 is 0. The van der Waals surface area contributed by atoms with Crippen molar-refractivity contribution in [2.75, 3.05) is 6.54 Å². The van der Waals surface area contributed by atoms with Crippen LogP contribution >= 0.6 is 0 Å². The molecule has 2 N–H and O–H groups in total. The zero-order valence-electron chi connectivity index (χ0n) is 19.2. The van der Waals surface area contributed by atoms with Gasteiger partial charge in [0.25, 0.3) is 0 Å². The Kier molecular flexibility index (Phi) is 6.77. The highest BCUT2D eigenvalue weighted by Gasteiger charge is 2.45. The number of carbonyl (C=O) groups excluding carboxylic acids is 1. The number of amides is 1. The smallest absolute Gasteiger partial charge is 0.410 e. The number of rotatable bonds is 5. The molecule has 0 spiro atoms. The van der Waals surface area contributed by atoms with Gasteiger partial charge in [-0.25, -0.2) is 4.79 Å². The van der Waals surface area contributed by atoms with Crippen LogP contribution in [0.1, 0.15) is 77.9 Å². The lowest BCUT2D eigenvalue weighted by Crippen LogP contribution is -2.55. The lowest BCUT2D eigenvalue weighted by molar-refractivity contribution is 0.00544. The predicted molar refractivity (Wildman–Crippen MR) is 121 cm³/mol. The quantitative estimate of drug-likeness (QED) is 0.540. The van der Waals surface area contributed by atoms with E-state index >= 15 is 0 Å². The molecule has 2 atom stereocenters. The maximum Gasteiger partial charge on any atom is 0.410 e. The number of ether oxygens (including phenoxy) is 1. The number of furan rings is 1. The van der Waals surface area contributed by atoms with Gasteiger partial charge in [0, 0.05) is 37.1 Å². The molecule has 3 aliphatic rings. The van der Waals surface area contributed by atoms with E-state index in [0.717, 1.165) is 43.8 Å². The van der Waals surface area contributed by atoms with Crippen LogP contribution in [-0.4, -0.2) is 53.3 Å². The van der Waals surface area contributed by atoms with E-state index in [1.807, 2.05) is 37.8 Å². The maximum absolute atomic E-state index is 12.7. The minimum Gasteiger partial charge on any atom is -0.469 e. The first-order valence-corrected chi connectivity index (χ1v) is 12.0. The van der Waals surface area contributed by atoms with E-state index < -0.39 is 5.60 Å². The second-order valence-electron chi connectivity index (χ2n) is 10.3. The number of carbonyl (C=O) groups is 1. The SMILES string of the molecule is CC(C)(C)OC(=O)N1C2CCC1CC(NC(=NCCc1ccco1)NC1CCCC1)C2. The third-order valence-electron chi connectivity index (χ3n) is 6.58. The first kappa shape index (κ1) is 22.0. The van der Waals surface area contributed by atoms with Gasteiger partial charge in [-0.05, 0) is 71.4 Å². The van der Waals surface area contributed by atoms with Crippen molar-refractivity contribution in [3.8, 4) is 0 Å². The van der Waals surface area contributed by atoms with Crippen LogP contribution in [0, 0.1) is 0 Å². The molecular formula is C24H38N4O3. The Morgan fingerprint density at radius 2 is 1.81 bits per heavy atom. The van der Waals surface area contributed by atoms with E-state index in [1.54, 1.807) is 6.26 Å². The van der Waals surface area contributed by atoms with E-state index in [0.29, 0.717) is 18.6 Å². The Bertz CT molecular complexity index is 735. The van der Waals surface area contributed by atoms with Crippen molar-refractivity contribution in [1.82, 2.24) is 15.5 Å². The first-order chi connectivity index (χ1) is 14.9. The number of fused-ring (bicyclic) bond motifs is 2. The highest BCUT2D eigenvalue weighted by Crippen LogP contribution is 2.36. The number of guanidine groups is 1. The summed E-state index contributed by atoms with van der Waals surface area (Å²) in [6.07, 6.45) is 11.4. The zero-order chi connectivity index (χ0) is 21.8. The van der Waals surface area contributed by atoms with Crippen molar-refractivity contribution >= 4 is 12.1 Å². The maximum atomic E-state index is 12.7. The minimum absolute atomic E-state index is 0.158. The summed E-state index contributed by atoms with van der Waals surface area (Å²) in [6.45, 7) is 6.49. The van der Waals surface area contributed by atoms with Crippen molar-refractivity contribution in [1.29, 1.82) is 0 Å². The van der Waals surface area contributed by atoms with Gasteiger partial charge in [-0.3, -0.25) is 4.99 Å². The van der Waals surface area contributed by atoms with Gasteiger partial charge >= 0.3 is 6.09 Å².